The molecule has 7 heteroatoms. The van der Waals surface area contributed by atoms with Gasteiger partial charge in [0.15, 0.2) is 0 Å². The van der Waals surface area contributed by atoms with Crippen LogP contribution in [-0.2, 0) is 0 Å². The Morgan fingerprint density at radius 3 is 2.87 bits per heavy atom. The first-order valence-corrected chi connectivity index (χ1v) is 7.93. The highest BCUT2D eigenvalue weighted by Crippen LogP contribution is 2.39. The van der Waals surface area contributed by atoms with Crippen LogP contribution in [0, 0.1) is 12.8 Å². The average Bonchev–Trinajstić information content (AvgIpc) is 3.29. The number of hydrogen-bond donors (Lipinski definition) is 2. The maximum absolute atomic E-state index is 13.1. The summed E-state index contributed by atoms with van der Waals surface area (Å²) in [5.74, 6) is 1.52. The first kappa shape index (κ1) is 14.4. The standard InChI is InChI=1S/C16H16ClN5O/c1-8-7-19-21-14(8)22-15(13(18)9-5-6-9)20-11-4-2-3-10(17)12(11)16(22)23/h2-4,7,9,13H,5-6,18H2,1H3,(H,19,21). The van der Waals surface area contributed by atoms with E-state index in [1.807, 2.05) is 6.92 Å². The molecule has 2 heterocycles. The molecule has 6 nitrogen and oxygen atoms in total. The third-order valence-corrected chi connectivity index (χ3v) is 4.64. The zero-order valence-corrected chi connectivity index (χ0v) is 13.3. The number of rotatable bonds is 3. The predicted molar refractivity (Wildman–Crippen MR) is 88.9 cm³/mol. The van der Waals surface area contributed by atoms with Crippen molar-refractivity contribution in [3.8, 4) is 5.82 Å². The van der Waals surface area contributed by atoms with Gasteiger partial charge < -0.3 is 5.73 Å². The summed E-state index contributed by atoms with van der Waals surface area (Å²) in [7, 11) is 0. The van der Waals surface area contributed by atoms with Gasteiger partial charge in [-0.05, 0) is 37.8 Å². The zero-order valence-electron chi connectivity index (χ0n) is 12.6. The second-order valence-corrected chi connectivity index (χ2v) is 6.42. The Morgan fingerprint density at radius 2 is 2.22 bits per heavy atom. The molecule has 118 valence electrons. The number of nitrogens with zero attached hydrogens (tertiary/aromatic N) is 3. The molecular weight excluding hydrogens is 314 g/mol. The molecule has 1 saturated carbocycles. The first-order chi connectivity index (χ1) is 11.1. The second kappa shape index (κ2) is 5.18. The molecular formula is C16H16ClN5O. The Hall–Kier alpha value is -2.18. The van der Waals surface area contributed by atoms with Crippen LogP contribution in [0.1, 0.15) is 30.3 Å². The minimum absolute atomic E-state index is 0.223. The van der Waals surface area contributed by atoms with E-state index in [1.54, 1.807) is 24.4 Å². The number of benzene rings is 1. The lowest BCUT2D eigenvalue weighted by Gasteiger charge is -2.17. The fourth-order valence-electron chi connectivity index (χ4n) is 2.88. The van der Waals surface area contributed by atoms with Crippen molar-refractivity contribution in [1.82, 2.24) is 19.7 Å². The van der Waals surface area contributed by atoms with Crippen LogP contribution < -0.4 is 11.3 Å². The van der Waals surface area contributed by atoms with Gasteiger partial charge in [-0.15, -0.1) is 0 Å². The number of nitrogens with two attached hydrogens (primary N) is 1. The molecule has 0 spiro atoms. The Balaban J connectivity index is 2.10. The van der Waals surface area contributed by atoms with Crippen LogP contribution in [0.2, 0.25) is 5.02 Å². The van der Waals surface area contributed by atoms with Crippen LogP contribution in [0.4, 0.5) is 0 Å². The van der Waals surface area contributed by atoms with Crippen molar-refractivity contribution in [1.29, 1.82) is 0 Å². The summed E-state index contributed by atoms with van der Waals surface area (Å²) in [6.07, 6.45) is 3.80. The number of aromatic amines is 1. The normalized spacial score (nSPS) is 16.0. The number of H-pyrrole nitrogens is 1. The highest BCUT2D eigenvalue weighted by Gasteiger charge is 2.33. The minimum Gasteiger partial charge on any atom is -0.321 e. The van der Waals surface area contributed by atoms with E-state index in [2.05, 4.69) is 15.2 Å². The molecule has 0 aliphatic heterocycles. The van der Waals surface area contributed by atoms with Crippen molar-refractivity contribution in [2.24, 2.45) is 11.7 Å². The summed E-state index contributed by atoms with van der Waals surface area (Å²) in [5.41, 5.74) is 7.57. The fourth-order valence-corrected chi connectivity index (χ4v) is 3.13. The molecule has 0 saturated heterocycles. The van der Waals surface area contributed by atoms with Crippen molar-refractivity contribution < 1.29 is 0 Å². The quantitative estimate of drug-likeness (QED) is 0.772. The molecule has 0 bridgehead atoms. The van der Waals surface area contributed by atoms with Gasteiger partial charge >= 0.3 is 0 Å². The number of aromatic nitrogens is 4. The lowest BCUT2D eigenvalue weighted by atomic mass is 10.1. The highest BCUT2D eigenvalue weighted by atomic mass is 35.5. The van der Waals surface area contributed by atoms with Gasteiger partial charge in [-0.25, -0.2) is 9.55 Å². The van der Waals surface area contributed by atoms with Gasteiger partial charge in [0, 0.05) is 5.56 Å². The maximum atomic E-state index is 13.1. The molecule has 2 aromatic heterocycles. The highest BCUT2D eigenvalue weighted by molar-refractivity contribution is 6.35. The number of fused-ring (bicyclic) bond motifs is 1. The van der Waals surface area contributed by atoms with Crippen LogP contribution >= 0.6 is 11.6 Å². The Labute approximate surface area is 137 Å². The monoisotopic (exact) mass is 329 g/mol. The number of hydrogen-bond acceptors (Lipinski definition) is 4. The molecule has 3 aromatic rings. The summed E-state index contributed by atoms with van der Waals surface area (Å²) < 4.78 is 1.53. The predicted octanol–water partition coefficient (Wildman–Crippen LogP) is 2.48. The maximum Gasteiger partial charge on any atom is 0.268 e. The van der Waals surface area contributed by atoms with Gasteiger partial charge in [0.1, 0.15) is 11.6 Å². The van der Waals surface area contributed by atoms with Gasteiger partial charge in [0.2, 0.25) is 0 Å². The van der Waals surface area contributed by atoms with Crippen molar-refractivity contribution in [2.75, 3.05) is 0 Å². The van der Waals surface area contributed by atoms with E-state index in [0.717, 1.165) is 18.4 Å². The topological polar surface area (TPSA) is 89.6 Å². The van der Waals surface area contributed by atoms with E-state index in [9.17, 15) is 4.79 Å². The molecule has 1 aromatic carbocycles. The minimum atomic E-state index is -0.284. The Morgan fingerprint density at radius 1 is 1.43 bits per heavy atom. The smallest absolute Gasteiger partial charge is 0.268 e. The lowest BCUT2D eigenvalue weighted by molar-refractivity contribution is 0.570. The van der Waals surface area contributed by atoms with Crippen molar-refractivity contribution in [2.45, 2.75) is 25.8 Å². The lowest BCUT2D eigenvalue weighted by Crippen LogP contribution is -2.30. The van der Waals surface area contributed by atoms with Gasteiger partial charge in [-0.2, -0.15) is 5.10 Å². The third kappa shape index (κ3) is 2.26. The summed E-state index contributed by atoms with van der Waals surface area (Å²) in [4.78, 5) is 17.8. The zero-order chi connectivity index (χ0) is 16.1. The van der Waals surface area contributed by atoms with E-state index >= 15 is 0 Å². The van der Waals surface area contributed by atoms with Gasteiger partial charge in [0.05, 0.1) is 28.2 Å². The molecule has 23 heavy (non-hydrogen) atoms. The summed E-state index contributed by atoms with van der Waals surface area (Å²) in [5, 5.41) is 7.68. The van der Waals surface area contributed by atoms with E-state index in [1.165, 1.54) is 4.57 Å². The van der Waals surface area contributed by atoms with Crippen LogP contribution in [-0.4, -0.2) is 19.7 Å². The van der Waals surface area contributed by atoms with Crippen molar-refractivity contribution in [3.63, 3.8) is 0 Å². The van der Waals surface area contributed by atoms with E-state index < -0.39 is 0 Å². The molecule has 4 rings (SSSR count). The number of halogens is 1. The molecule has 1 aliphatic carbocycles. The van der Waals surface area contributed by atoms with Crippen LogP contribution in [0.15, 0.2) is 29.2 Å². The molecule has 1 fully saturated rings. The number of aryl methyl sites for hydroxylation is 1. The van der Waals surface area contributed by atoms with Crippen LogP contribution in [0.5, 0.6) is 0 Å². The van der Waals surface area contributed by atoms with Gasteiger partial charge in [0.25, 0.3) is 5.56 Å². The third-order valence-electron chi connectivity index (χ3n) is 4.33. The van der Waals surface area contributed by atoms with E-state index in [-0.39, 0.29) is 11.6 Å². The summed E-state index contributed by atoms with van der Waals surface area (Å²) in [6, 6.07) is 4.98. The Kier molecular flexibility index (Phi) is 3.25. The second-order valence-electron chi connectivity index (χ2n) is 6.01. The van der Waals surface area contributed by atoms with Crippen molar-refractivity contribution >= 4 is 22.5 Å². The van der Waals surface area contributed by atoms with Gasteiger partial charge in [-0.1, -0.05) is 17.7 Å². The van der Waals surface area contributed by atoms with Crippen LogP contribution in [0.25, 0.3) is 16.7 Å². The molecule has 3 N–H and O–H groups in total. The number of nitrogens with one attached hydrogen (secondary N) is 1. The van der Waals surface area contributed by atoms with Crippen LogP contribution in [0.3, 0.4) is 0 Å². The molecule has 0 radical (unpaired) electrons. The van der Waals surface area contributed by atoms with Gasteiger partial charge in [-0.3, -0.25) is 9.89 Å². The SMILES string of the molecule is Cc1cn[nH]c1-n1c(C(N)C2CC2)nc2cccc(Cl)c2c1=O. The first-order valence-electron chi connectivity index (χ1n) is 7.55. The van der Waals surface area contributed by atoms with E-state index in [0.29, 0.717) is 33.5 Å². The average molecular weight is 330 g/mol. The largest absolute Gasteiger partial charge is 0.321 e. The van der Waals surface area contributed by atoms with Crippen molar-refractivity contribution in [3.05, 3.63) is 51.2 Å². The molecule has 1 unspecified atom stereocenters. The fraction of sp³-hybridized carbons (Fsp3) is 0.312. The molecule has 1 atom stereocenters. The molecule has 1 aliphatic rings. The summed E-state index contributed by atoms with van der Waals surface area (Å²) in [6.45, 7) is 1.88. The van der Waals surface area contributed by atoms with E-state index in [4.69, 9.17) is 17.3 Å². The Bertz CT molecular complexity index is 957. The summed E-state index contributed by atoms with van der Waals surface area (Å²) >= 11 is 6.23. The molecule has 0 amide bonds.